The highest BCUT2D eigenvalue weighted by molar-refractivity contribution is 6.31. The highest BCUT2D eigenvalue weighted by atomic mass is 35.5. The van der Waals surface area contributed by atoms with Gasteiger partial charge in [-0.2, -0.15) is 0 Å². The van der Waals surface area contributed by atoms with Crippen LogP contribution in [0.15, 0.2) is 18.2 Å². The molecule has 1 fully saturated rings. The van der Waals surface area contributed by atoms with Gasteiger partial charge in [-0.3, -0.25) is 4.79 Å². The molecule has 1 aromatic rings. The maximum Gasteiger partial charge on any atom is 0.230 e. The monoisotopic (exact) mass is 298 g/mol. The Morgan fingerprint density at radius 1 is 1.65 bits per heavy atom. The molecule has 0 aliphatic carbocycles. The van der Waals surface area contributed by atoms with Crippen LogP contribution in [0, 0.1) is 5.41 Å². The zero-order chi connectivity index (χ0) is 14.8. The van der Waals surface area contributed by atoms with Gasteiger partial charge in [-0.05, 0) is 19.1 Å². The number of halogens is 1. The number of benzene rings is 1. The second-order valence-electron chi connectivity index (χ2n) is 5.14. The van der Waals surface area contributed by atoms with Gasteiger partial charge in [-0.1, -0.05) is 17.7 Å². The Morgan fingerprint density at radius 2 is 2.40 bits per heavy atom. The first-order chi connectivity index (χ1) is 9.49. The summed E-state index contributed by atoms with van der Waals surface area (Å²) in [6.07, 6.45) is 0. The van der Waals surface area contributed by atoms with Gasteiger partial charge in [-0.25, -0.2) is 0 Å². The van der Waals surface area contributed by atoms with E-state index in [-0.39, 0.29) is 11.9 Å². The molecule has 20 heavy (non-hydrogen) atoms. The SMILES string of the molecule is COc1cccc(Cl)c1CNC(=O)C1(C)COCC1N. The molecule has 1 saturated heterocycles. The van der Waals surface area contributed by atoms with Crippen LogP contribution in [0.3, 0.4) is 0 Å². The Labute approximate surface area is 123 Å². The summed E-state index contributed by atoms with van der Waals surface area (Å²) in [5.41, 5.74) is 5.98. The van der Waals surface area contributed by atoms with Gasteiger partial charge in [0.2, 0.25) is 5.91 Å². The average Bonchev–Trinajstić information content (AvgIpc) is 2.78. The zero-order valence-electron chi connectivity index (χ0n) is 11.6. The highest BCUT2D eigenvalue weighted by Crippen LogP contribution is 2.29. The summed E-state index contributed by atoms with van der Waals surface area (Å²) in [5, 5.41) is 3.42. The van der Waals surface area contributed by atoms with E-state index in [2.05, 4.69) is 5.32 Å². The van der Waals surface area contributed by atoms with Crippen molar-refractivity contribution in [2.45, 2.75) is 19.5 Å². The number of carbonyl (C=O) groups is 1. The minimum absolute atomic E-state index is 0.135. The van der Waals surface area contributed by atoms with Crippen molar-refractivity contribution in [3.05, 3.63) is 28.8 Å². The number of carbonyl (C=O) groups excluding carboxylic acids is 1. The lowest BCUT2D eigenvalue weighted by atomic mass is 9.85. The maximum atomic E-state index is 12.3. The molecule has 5 nitrogen and oxygen atoms in total. The molecule has 1 aliphatic heterocycles. The summed E-state index contributed by atoms with van der Waals surface area (Å²) in [4.78, 5) is 12.3. The quantitative estimate of drug-likeness (QED) is 0.879. The second-order valence-corrected chi connectivity index (χ2v) is 5.55. The fourth-order valence-corrected chi connectivity index (χ4v) is 2.43. The molecule has 0 radical (unpaired) electrons. The molecule has 0 saturated carbocycles. The smallest absolute Gasteiger partial charge is 0.230 e. The van der Waals surface area contributed by atoms with E-state index in [1.165, 1.54) is 0 Å². The van der Waals surface area contributed by atoms with Crippen LogP contribution in [0.4, 0.5) is 0 Å². The van der Waals surface area contributed by atoms with Crippen LogP contribution in [0.25, 0.3) is 0 Å². The van der Waals surface area contributed by atoms with Crippen molar-refractivity contribution in [2.75, 3.05) is 20.3 Å². The van der Waals surface area contributed by atoms with Crippen LogP contribution in [0.5, 0.6) is 5.75 Å². The van der Waals surface area contributed by atoms with E-state index in [9.17, 15) is 4.79 Å². The van der Waals surface area contributed by atoms with Gasteiger partial charge in [0.05, 0.1) is 25.7 Å². The summed E-state index contributed by atoms with van der Waals surface area (Å²) >= 11 is 6.13. The largest absolute Gasteiger partial charge is 0.496 e. The third-order valence-electron chi connectivity index (χ3n) is 3.76. The highest BCUT2D eigenvalue weighted by Gasteiger charge is 2.44. The van der Waals surface area contributed by atoms with Crippen molar-refractivity contribution in [2.24, 2.45) is 11.1 Å². The Morgan fingerprint density at radius 3 is 3.00 bits per heavy atom. The zero-order valence-corrected chi connectivity index (χ0v) is 12.4. The number of rotatable bonds is 4. The Hall–Kier alpha value is -1.30. The molecule has 1 heterocycles. The molecule has 1 aromatic carbocycles. The van der Waals surface area contributed by atoms with Gasteiger partial charge in [0, 0.05) is 23.2 Å². The number of amides is 1. The summed E-state index contributed by atoms with van der Waals surface area (Å²) in [5.74, 6) is 0.513. The predicted molar refractivity (Wildman–Crippen MR) is 76.8 cm³/mol. The van der Waals surface area contributed by atoms with Gasteiger partial charge in [0.1, 0.15) is 5.75 Å². The van der Waals surface area contributed by atoms with E-state index < -0.39 is 5.41 Å². The van der Waals surface area contributed by atoms with Gasteiger partial charge in [0.25, 0.3) is 0 Å². The molecule has 2 unspecified atom stereocenters. The summed E-state index contributed by atoms with van der Waals surface area (Å²) < 4.78 is 10.5. The van der Waals surface area contributed by atoms with E-state index >= 15 is 0 Å². The molecule has 110 valence electrons. The average molecular weight is 299 g/mol. The molecule has 1 amide bonds. The van der Waals surface area contributed by atoms with E-state index in [0.717, 1.165) is 5.56 Å². The number of nitrogens with one attached hydrogen (secondary N) is 1. The Balaban J connectivity index is 2.08. The van der Waals surface area contributed by atoms with Gasteiger partial charge in [0.15, 0.2) is 0 Å². The standard InChI is InChI=1S/C14H19ClN2O3/c1-14(8-20-7-12(14)16)13(18)17-6-9-10(15)4-3-5-11(9)19-2/h3-5,12H,6-8,16H2,1-2H3,(H,17,18). The van der Waals surface area contributed by atoms with Crippen LogP contribution in [0.1, 0.15) is 12.5 Å². The first kappa shape index (κ1) is 15.1. The lowest BCUT2D eigenvalue weighted by molar-refractivity contribution is -0.130. The van der Waals surface area contributed by atoms with E-state index in [4.69, 9.17) is 26.8 Å². The van der Waals surface area contributed by atoms with E-state index in [1.54, 1.807) is 25.3 Å². The summed E-state index contributed by atoms with van der Waals surface area (Å²) in [7, 11) is 1.57. The molecule has 2 atom stereocenters. The van der Waals surface area contributed by atoms with Crippen molar-refractivity contribution in [3.63, 3.8) is 0 Å². The molecular formula is C14H19ClN2O3. The molecule has 0 bridgehead atoms. The molecular weight excluding hydrogens is 280 g/mol. The van der Waals surface area contributed by atoms with Crippen molar-refractivity contribution < 1.29 is 14.3 Å². The molecule has 2 rings (SSSR count). The van der Waals surface area contributed by atoms with Crippen molar-refractivity contribution >= 4 is 17.5 Å². The van der Waals surface area contributed by atoms with Crippen LogP contribution in [-0.2, 0) is 16.1 Å². The predicted octanol–water partition coefficient (Wildman–Crippen LogP) is 1.33. The maximum absolute atomic E-state index is 12.3. The van der Waals surface area contributed by atoms with E-state index in [0.29, 0.717) is 30.5 Å². The minimum atomic E-state index is -0.700. The minimum Gasteiger partial charge on any atom is -0.496 e. The van der Waals surface area contributed by atoms with Gasteiger partial charge >= 0.3 is 0 Å². The first-order valence-electron chi connectivity index (χ1n) is 6.42. The Kier molecular flexibility index (Phi) is 4.52. The van der Waals surface area contributed by atoms with Gasteiger partial charge in [-0.15, -0.1) is 0 Å². The second kappa shape index (κ2) is 5.99. The topological polar surface area (TPSA) is 73.6 Å². The van der Waals surface area contributed by atoms with E-state index in [1.807, 2.05) is 6.92 Å². The third kappa shape index (κ3) is 2.75. The van der Waals surface area contributed by atoms with Crippen LogP contribution < -0.4 is 15.8 Å². The first-order valence-corrected chi connectivity index (χ1v) is 6.80. The van der Waals surface area contributed by atoms with Crippen LogP contribution >= 0.6 is 11.6 Å². The number of hydrogen-bond donors (Lipinski definition) is 2. The number of ether oxygens (including phenoxy) is 2. The fourth-order valence-electron chi connectivity index (χ4n) is 2.20. The number of nitrogens with two attached hydrogens (primary N) is 1. The molecule has 3 N–H and O–H groups in total. The normalized spacial score (nSPS) is 25.5. The lowest BCUT2D eigenvalue weighted by Gasteiger charge is -2.25. The summed E-state index contributed by atoms with van der Waals surface area (Å²) in [6, 6.07) is 5.07. The molecule has 1 aliphatic rings. The molecule has 0 aromatic heterocycles. The number of methoxy groups -OCH3 is 1. The lowest BCUT2D eigenvalue weighted by Crippen LogP contribution is -2.49. The molecule has 0 spiro atoms. The van der Waals surface area contributed by atoms with Crippen LogP contribution in [-0.4, -0.2) is 32.3 Å². The van der Waals surface area contributed by atoms with Crippen molar-refractivity contribution in [3.8, 4) is 5.75 Å². The number of hydrogen-bond acceptors (Lipinski definition) is 4. The fraction of sp³-hybridized carbons (Fsp3) is 0.500. The third-order valence-corrected chi connectivity index (χ3v) is 4.11. The van der Waals surface area contributed by atoms with Crippen molar-refractivity contribution in [1.29, 1.82) is 0 Å². The van der Waals surface area contributed by atoms with Crippen LogP contribution in [0.2, 0.25) is 5.02 Å². The Bertz CT molecular complexity index is 509. The van der Waals surface area contributed by atoms with Crippen molar-refractivity contribution in [1.82, 2.24) is 5.32 Å². The molecule has 6 heteroatoms. The van der Waals surface area contributed by atoms with Gasteiger partial charge < -0.3 is 20.5 Å². The summed E-state index contributed by atoms with van der Waals surface area (Å²) in [6.45, 7) is 2.84.